The first-order valence-electron chi connectivity index (χ1n) is 9.75. The Kier molecular flexibility index (Phi) is 6.69. The largest absolute Gasteiger partial charge is 0.462 e. The van der Waals surface area contributed by atoms with E-state index in [2.05, 4.69) is 12.2 Å². The summed E-state index contributed by atoms with van der Waals surface area (Å²) in [5.41, 5.74) is 1.96. The van der Waals surface area contributed by atoms with Gasteiger partial charge in [-0.15, -0.1) is 11.3 Å². The molecule has 1 amide bonds. The lowest BCUT2D eigenvalue weighted by Gasteiger charge is -2.18. The van der Waals surface area contributed by atoms with Gasteiger partial charge in [0.1, 0.15) is 5.00 Å². The minimum Gasteiger partial charge on any atom is -0.462 e. The van der Waals surface area contributed by atoms with Crippen LogP contribution in [0.3, 0.4) is 0 Å². The van der Waals surface area contributed by atoms with Crippen LogP contribution in [0.1, 0.15) is 59.7 Å². The third-order valence-corrected chi connectivity index (χ3v) is 6.02. The zero-order valence-corrected chi connectivity index (χ0v) is 17.6. The molecule has 1 N–H and O–H groups in total. The van der Waals surface area contributed by atoms with Crippen molar-refractivity contribution in [1.29, 1.82) is 0 Å². The highest BCUT2D eigenvalue weighted by atomic mass is 32.1. The van der Waals surface area contributed by atoms with Crippen LogP contribution in [0.5, 0.6) is 0 Å². The van der Waals surface area contributed by atoms with Crippen molar-refractivity contribution in [3.05, 3.63) is 51.9 Å². The summed E-state index contributed by atoms with van der Waals surface area (Å²) in [6.45, 7) is 5.45. The topological polar surface area (TPSA) is 81.7 Å². The minimum absolute atomic E-state index is 0.257. The number of thiophene rings is 1. The molecule has 3 rings (SSSR count). The van der Waals surface area contributed by atoms with E-state index in [1.54, 1.807) is 31.2 Å². The third kappa shape index (κ3) is 4.85. The summed E-state index contributed by atoms with van der Waals surface area (Å²) < 4.78 is 10.5. The molecule has 1 aromatic heterocycles. The lowest BCUT2D eigenvalue weighted by molar-refractivity contribution is -0.152. The van der Waals surface area contributed by atoms with Crippen LogP contribution in [0.25, 0.3) is 0 Å². The molecule has 2 atom stereocenters. The SMILES string of the molecule is CCOC(=O)c1c(NC(=O)[C@H](OC(C)=O)c2ccccc2)sc2c1CC[C@@H](C)C2. The van der Waals surface area contributed by atoms with E-state index in [0.717, 1.165) is 29.7 Å². The molecule has 0 bridgehead atoms. The summed E-state index contributed by atoms with van der Waals surface area (Å²) in [5, 5.41) is 3.29. The van der Waals surface area contributed by atoms with Crippen LogP contribution in [0.4, 0.5) is 5.00 Å². The first-order chi connectivity index (χ1) is 13.9. The molecule has 7 heteroatoms. The molecule has 0 aliphatic heterocycles. The van der Waals surface area contributed by atoms with Gasteiger partial charge < -0.3 is 14.8 Å². The molecule has 0 fully saturated rings. The second kappa shape index (κ2) is 9.22. The average molecular weight is 416 g/mol. The number of carbonyl (C=O) groups is 3. The van der Waals surface area contributed by atoms with Gasteiger partial charge in [0.15, 0.2) is 0 Å². The Morgan fingerprint density at radius 3 is 2.62 bits per heavy atom. The number of benzene rings is 1. The number of fused-ring (bicyclic) bond motifs is 1. The maximum Gasteiger partial charge on any atom is 0.341 e. The van der Waals surface area contributed by atoms with E-state index in [1.165, 1.54) is 18.3 Å². The van der Waals surface area contributed by atoms with Crippen molar-refractivity contribution >= 4 is 34.2 Å². The minimum atomic E-state index is -1.10. The summed E-state index contributed by atoms with van der Waals surface area (Å²) in [6, 6.07) is 8.81. The molecule has 0 spiro atoms. The number of esters is 2. The van der Waals surface area contributed by atoms with Gasteiger partial charge in [0.2, 0.25) is 6.10 Å². The summed E-state index contributed by atoms with van der Waals surface area (Å²) >= 11 is 1.41. The second-order valence-electron chi connectivity index (χ2n) is 7.17. The Balaban J connectivity index is 1.94. The highest BCUT2D eigenvalue weighted by molar-refractivity contribution is 7.17. The molecular weight excluding hydrogens is 390 g/mol. The number of ether oxygens (including phenoxy) is 2. The highest BCUT2D eigenvalue weighted by Gasteiger charge is 2.31. The van der Waals surface area contributed by atoms with Gasteiger partial charge in [-0.1, -0.05) is 37.3 Å². The van der Waals surface area contributed by atoms with Crippen LogP contribution in [-0.2, 0) is 31.9 Å². The van der Waals surface area contributed by atoms with Gasteiger partial charge >= 0.3 is 11.9 Å². The fourth-order valence-corrected chi connectivity index (χ4v) is 4.90. The molecular formula is C22H25NO5S. The van der Waals surface area contributed by atoms with E-state index in [1.807, 2.05) is 6.07 Å². The van der Waals surface area contributed by atoms with Crippen LogP contribution < -0.4 is 5.32 Å². The molecule has 0 saturated carbocycles. The zero-order valence-electron chi connectivity index (χ0n) is 16.8. The highest BCUT2D eigenvalue weighted by Crippen LogP contribution is 2.40. The Labute approximate surface area is 174 Å². The van der Waals surface area contributed by atoms with Crippen molar-refractivity contribution in [3.63, 3.8) is 0 Å². The van der Waals surface area contributed by atoms with Crippen molar-refractivity contribution in [2.45, 2.75) is 46.1 Å². The Morgan fingerprint density at radius 1 is 1.24 bits per heavy atom. The Morgan fingerprint density at radius 2 is 1.97 bits per heavy atom. The molecule has 1 aromatic carbocycles. The predicted octanol–water partition coefficient (Wildman–Crippen LogP) is 4.29. The fraction of sp³-hybridized carbons (Fsp3) is 0.409. The van der Waals surface area contributed by atoms with Gasteiger partial charge in [0.05, 0.1) is 12.2 Å². The summed E-state index contributed by atoms with van der Waals surface area (Å²) in [5.74, 6) is -0.959. The summed E-state index contributed by atoms with van der Waals surface area (Å²) in [6.07, 6.45) is 1.54. The van der Waals surface area contributed by atoms with E-state index < -0.39 is 23.9 Å². The maximum atomic E-state index is 13.0. The molecule has 0 saturated heterocycles. The quantitative estimate of drug-likeness (QED) is 0.712. The van der Waals surface area contributed by atoms with Crippen molar-refractivity contribution in [2.24, 2.45) is 5.92 Å². The normalized spacial score (nSPS) is 16.4. The smallest absolute Gasteiger partial charge is 0.341 e. The fourth-order valence-electron chi connectivity index (χ4n) is 3.50. The van der Waals surface area contributed by atoms with Crippen molar-refractivity contribution < 1.29 is 23.9 Å². The third-order valence-electron chi connectivity index (χ3n) is 4.85. The molecule has 2 aromatic rings. The van der Waals surface area contributed by atoms with Crippen LogP contribution in [0.2, 0.25) is 0 Å². The van der Waals surface area contributed by atoms with Crippen LogP contribution in [-0.4, -0.2) is 24.5 Å². The van der Waals surface area contributed by atoms with E-state index >= 15 is 0 Å². The molecule has 1 heterocycles. The monoisotopic (exact) mass is 415 g/mol. The summed E-state index contributed by atoms with van der Waals surface area (Å²) in [7, 11) is 0. The Hall–Kier alpha value is -2.67. The van der Waals surface area contributed by atoms with Crippen molar-refractivity contribution in [3.8, 4) is 0 Å². The molecule has 0 unspecified atom stereocenters. The molecule has 6 nitrogen and oxygen atoms in total. The summed E-state index contributed by atoms with van der Waals surface area (Å²) in [4.78, 5) is 38.3. The zero-order chi connectivity index (χ0) is 21.0. The second-order valence-corrected chi connectivity index (χ2v) is 8.27. The first-order valence-corrected chi connectivity index (χ1v) is 10.6. The maximum absolute atomic E-state index is 13.0. The van der Waals surface area contributed by atoms with E-state index in [4.69, 9.17) is 9.47 Å². The van der Waals surface area contributed by atoms with E-state index in [0.29, 0.717) is 22.0 Å². The standard InChI is InChI=1S/C22H25NO5S/c1-4-27-22(26)18-16-11-10-13(2)12-17(16)29-21(18)23-20(25)19(28-14(3)24)15-8-6-5-7-9-15/h5-9,13,19H,4,10-12H2,1-3H3,(H,23,25)/t13-,19-/m1/s1. The lowest BCUT2D eigenvalue weighted by Crippen LogP contribution is -2.25. The number of hydrogen-bond donors (Lipinski definition) is 1. The average Bonchev–Trinajstić information content (AvgIpc) is 3.03. The first kappa shape index (κ1) is 21.0. The predicted molar refractivity (Wildman–Crippen MR) is 111 cm³/mol. The van der Waals surface area contributed by atoms with Gasteiger partial charge in [-0.3, -0.25) is 9.59 Å². The number of amides is 1. The van der Waals surface area contributed by atoms with Gasteiger partial charge in [0.25, 0.3) is 5.91 Å². The molecule has 1 aliphatic rings. The van der Waals surface area contributed by atoms with E-state index in [-0.39, 0.29) is 6.61 Å². The van der Waals surface area contributed by atoms with Crippen molar-refractivity contribution in [1.82, 2.24) is 0 Å². The van der Waals surface area contributed by atoms with Gasteiger partial charge in [-0.2, -0.15) is 0 Å². The molecule has 29 heavy (non-hydrogen) atoms. The number of nitrogens with one attached hydrogen (secondary N) is 1. The van der Waals surface area contributed by atoms with Crippen LogP contribution >= 0.6 is 11.3 Å². The van der Waals surface area contributed by atoms with Crippen LogP contribution in [0, 0.1) is 5.92 Å². The number of carbonyl (C=O) groups excluding carboxylic acids is 3. The Bertz CT molecular complexity index is 905. The number of hydrogen-bond acceptors (Lipinski definition) is 6. The van der Waals surface area contributed by atoms with Gasteiger partial charge in [-0.25, -0.2) is 4.79 Å². The molecule has 154 valence electrons. The molecule has 0 radical (unpaired) electrons. The number of anilines is 1. The molecule has 1 aliphatic carbocycles. The van der Waals surface area contributed by atoms with Gasteiger partial charge in [-0.05, 0) is 37.7 Å². The van der Waals surface area contributed by atoms with Crippen LogP contribution in [0.15, 0.2) is 30.3 Å². The van der Waals surface area contributed by atoms with Gasteiger partial charge in [0, 0.05) is 17.4 Å². The number of rotatable bonds is 6. The van der Waals surface area contributed by atoms with Crippen molar-refractivity contribution in [2.75, 3.05) is 11.9 Å². The van der Waals surface area contributed by atoms with E-state index in [9.17, 15) is 14.4 Å². The lowest BCUT2D eigenvalue weighted by atomic mass is 9.88.